The third kappa shape index (κ3) is 2.12. The summed E-state index contributed by atoms with van der Waals surface area (Å²) in [5.74, 6) is -0.880. The van der Waals surface area contributed by atoms with E-state index in [1.54, 1.807) is 0 Å². The second kappa shape index (κ2) is 4.94. The molecule has 100 valence electrons. The maximum Gasteiger partial charge on any atom is 0.305 e. The number of hydrogen-bond donors (Lipinski definition) is 2. The average molecular weight is 265 g/mol. The molecule has 3 nitrogen and oxygen atoms in total. The van der Waals surface area contributed by atoms with Crippen molar-refractivity contribution in [2.75, 3.05) is 0 Å². The Hall–Kier alpha value is -2.39. The van der Waals surface area contributed by atoms with Crippen LogP contribution in [-0.2, 0) is 4.79 Å². The zero-order valence-corrected chi connectivity index (χ0v) is 10.9. The Bertz CT molecular complexity index is 741. The van der Waals surface area contributed by atoms with Crippen molar-refractivity contribution in [2.24, 2.45) is 5.73 Å². The molecule has 0 heterocycles. The number of nitrogens with two attached hydrogens (primary N) is 1. The highest BCUT2D eigenvalue weighted by molar-refractivity contribution is 6.02. The van der Waals surface area contributed by atoms with Crippen molar-refractivity contribution in [3.63, 3.8) is 0 Å². The summed E-state index contributed by atoms with van der Waals surface area (Å²) in [6, 6.07) is 17.5. The maximum absolute atomic E-state index is 11.0. The molecule has 3 aromatic carbocycles. The smallest absolute Gasteiger partial charge is 0.305 e. The third-order valence-corrected chi connectivity index (χ3v) is 3.58. The van der Waals surface area contributed by atoms with Gasteiger partial charge in [-0.25, -0.2) is 0 Å². The van der Waals surface area contributed by atoms with Crippen LogP contribution >= 0.6 is 0 Å². The van der Waals surface area contributed by atoms with Crippen LogP contribution in [0.1, 0.15) is 18.0 Å². The van der Waals surface area contributed by atoms with Crippen molar-refractivity contribution in [3.8, 4) is 0 Å². The van der Waals surface area contributed by atoms with Gasteiger partial charge in [-0.2, -0.15) is 0 Å². The highest BCUT2D eigenvalue weighted by atomic mass is 16.4. The molecule has 0 aliphatic carbocycles. The lowest BCUT2D eigenvalue weighted by atomic mass is 9.91. The fourth-order valence-electron chi connectivity index (χ4n) is 2.74. The van der Waals surface area contributed by atoms with Crippen molar-refractivity contribution < 1.29 is 9.90 Å². The monoisotopic (exact) mass is 265 g/mol. The Kier molecular flexibility index (Phi) is 3.12. The van der Waals surface area contributed by atoms with E-state index in [0.29, 0.717) is 0 Å². The van der Waals surface area contributed by atoms with Crippen molar-refractivity contribution in [2.45, 2.75) is 12.5 Å². The fourth-order valence-corrected chi connectivity index (χ4v) is 2.74. The van der Waals surface area contributed by atoms with E-state index in [9.17, 15) is 4.79 Å². The van der Waals surface area contributed by atoms with Crippen molar-refractivity contribution in [3.05, 3.63) is 60.2 Å². The molecule has 0 aliphatic heterocycles. The summed E-state index contributed by atoms with van der Waals surface area (Å²) in [5, 5.41) is 13.2. The largest absolute Gasteiger partial charge is 0.481 e. The summed E-state index contributed by atoms with van der Waals surface area (Å²) in [4.78, 5) is 11.0. The Morgan fingerprint density at radius 2 is 1.50 bits per heavy atom. The van der Waals surface area contributed by atoms with Gasteiger partial charge in [-0.05, 0) is 33.2 Å². The van der Waals surface area contributed by atoms with E-state index in [1.807, 2.05) is 48.5 Å². The highest BCUT2D eigenvalue weighted by Crippen LogP contribution is 2.32. The molecule has 3 rings (SSSR count). The standard InChI is InChI=1S/C17H15NO2/c18-15(10-16(19)20)17-13-7-3-1-5-11(13)9-12-6-2-4-8-14(12)17/h1-9,15H,10,18H2,(H,19,20). The molecular weight excluding hydrogens is 250 g/mol. The Morgan fingerprint density at radius 3 is 2.00 bits per heavy atom. The number of rotatable bonds is 3. The van der Waals surface area contributed by atoms with E-state index in [-0.39, 0.29) is 6.42 Å². The van der Waals surface area contributed by atoms with Crippen molar-refractivity contribution in [1.82, 2.24) is 0 Å². The number of carboxylic acids is 1. The quantitative estimate of drug-likeness (QED) is 0.713. The van der Waals surface area contributed by atoms with E-state index in [0.717, 1.165) is 27.1 Å². The van der Waals surface area contributed by atoms with Crippen LogP contribution in [-0.4, -0.2) is 11.1 Å². The SMILES string of the molecule is NC(CC(=O)O)c1c2ccccc2cc2ccccc12. The number of aliphatic carboxylic acids is 1. The highest BCUT2D eigenvalue weighted by Gasteiger charge is 2.16. The zero-order chi connectivity index (χ0) is 14.1. The van der Waals surface area contributed by atoms with E-state index in [4.69, 9.17) is 10.8 Å². The zero-order valence-electron chi connectivity index (χ0n) is 10.9. The molecule has 0 amide bonds. The number of benzene rings is 3. The Morgan fingerprint density at radius 1 is 1.00 bits per heavy atom. The molecule has 1 unspecified atom stereocenters. The van der Waals surface area contributed by atoms with Crippen LogP contribution in [0, 0.1) is 0 Å². The van der Waals surface area contributed by atoms with Gasteiger partial charge in [0, 0.05) is 6.04 Å². The Labute approximate surface area is 116 Å². The van der Waals surface area contributed by atoms with Gasteiger partial charge in [0.2, 0.25) is 0 Å². The van der Waals surface area contributed by atoms with Crippen LogP contribution in [0.25, 0.3) is 21.5 Å². The van der Waals surface area contributed by atoms with Gasteiger partial charge in [0.15, 0.2) is 0 Å². The molecule has 3 heteroatoms. The molecule has 0 bridgehead atoms. The van der Waals surface area contributed by atoms with Gasteiger partial charge in [0.05, 0.1) is 6.42 Å². The number of carbonyl (C=O) groups is 1. The second-order valence-corrected chi connectivity index (χ2v) is 4.94. The second-order valence-electron chi connectivity index (χ2n) is 4.94. The number of hydrogen-bond acceptors (Lipinski definition) is 2. The minimum atomic E-state index is -0.880. The maximum atomic E-state index is 11.0. The summed E-state index contributed by atoms with van der Waals surface area (Å²) in [7, 11) is 0. The van der Waals surface area contributed by atoms with Crippen LogP contribution in [0.2, 0.25) is 0 Å². The van der Waals surface area contributed by atoms with Crippen molar-refractivity contribution >= 4 is 27.5 Å². The molecule has 1 atom stereocenters. The molecule has 3 aromatic rings. The van der Waals surface area contributed by atoms with Crippen LogP contribution in [0.5, 0.6) is 0 Å². The predicted molar refractivity (Wildman–Crippen MR) is 80.6 cm³/mol. The first kappa shape index (κ1) is 12.6. The van der Waals surface area contributed by atoms with Gasteiger partial charge in [-0.1, -0.05) is 48.5 Å². The molecule has 20 heavy (non-hydrogen) atoms. The summed E-state index contributed by atoms with van der Waals surface area (Å²) in [6.45, 7) is 0. The Balaban J connectivity index is 2.35. The molecule has 0 fully saturated rings. The molecular formula is C17H15NO2. The lowest BCUT2D eigenvalue weighted by Gasteiger charge is -2.16. The van der Waals surface area contributed by atoms with Crippen LogP contribution in [0.3, 0.4) is 0 Å². The first-order chi connectivity index (χ1) is 9.66. The molecule has 0 spiro atoms. The minimum absolute atomic E-state index is 0.0714. The first-order valence-corrected chi connectivity index (χ1v) is 6.54. The molecule has 0 radical (unpaired) electrons. The fraction of sp³-hybridized carbons (Fsp3) is 0.118. The van der Waals surface area contributed by atoms with Gasteiger partial charge in [-0.3, -0.25) is 4.79 Å². The molecule has 0 saturated heterocycles. The minimum Gasteiger partial charge on any atom is -0.481 e. The molecule has 3 N–H and O–H groups in total. The van der Waals surface area contributed by atoms with E-state index in [2.05, 4.69) is 6.07 Å². The molecule has 0 saturated carbocycles. The summed E-state index contributed by atoms with van der Waals surface area (Å²) >= 11 is 0. The van der Waals surface area contributed by atoms with E-state index in [1.165, 1.54) is 0 Å². The lowest BCUT2D eigenvalue weighted by molar-refractivity contribution is -0.137. The topological polar surface area (TPSA) is 63.3 Å². The van der Waals surface area contributed by atoms with Gasteiger partial charge < -0.3 is 10.8 Å². The molecule has 0 aliphatic rings. The molecule has 0 aromatic heterocycles. The van der Waals surface area contributed by atoms with E-state index < -0.39 is 12.0 Å². The predicted octanol–water partition coefficient (Wildman–Crippen LogP) is 3.47. The van der Waals surface area contributed by atoms with Gasteiger partial charge in [0.25, 0.3) is 0 Å². The van der Waals surface area contributed by atoms with Crippen molar-refractivity contribution in [1.29, 1.82) is 0 Å². The van der Waals surface area contributed by atoms with Crippen LogP contribution < -0.4 is 5.73 Å². The number of fused-ring (bicyclic) bond motifs is 2. The third-order valence-electron chi connectivity index (χ3n) is 3.58. The van der Waals surface area contributed by atoms with Gasteiger partial charge >= 0.3 is 5.97 Å². The van der Waals surface area contributed by atoms with Crippen LogP contribution in [0.15, 0.2) is 54.6 Å². The number of carboxylic acid groups (broad SMARTS) is 1. The van der Waals surface area contributed by atoms with Gasteiger partial charge in [-0.15, -0.1) is 0 Å². The summed E-state index contributed by atoms with van der Waals surface area (Å²) < 4.78 is 0. The summed E-state index contributed by atoms with van der Waals surface area (Å²) in [6.07, 6.45) is -0.0714. The van der Waals surface area contributed by atoms with Gasteiger partial charge in [0.1, 0.15) is 0 Å². The average Bonchev–Trinajstić information content (AvgIpc) is 2.43. The van der Waals surface area contributed by atoms with E-state index >= 15 is 0 Å². The first-order valence-electron chi connectivity index (χ1n) is 6.54. The lowest BCUT2D eigenvalue weighted by Crippen LogP contribution is -2.15. The summed E-state index contributed by atoms with van der Waals surface area (Å²) in [5.41, 5.74) is 7.06. The normalized spacial score (nSPS) is 12.7. The van der Waals surface area contributed by atoms with Crippen LogP contribution in [0.4, 0.5) is 0 Å².